The smallest absolute Gasteiger partial charge is 0.0645 e. The molecule has 0 saturated carbocycles. The highest BCUT2D eigenvalue weighted by Gasteiger charge is 2.28. The van der Waals surface area contributed by atoms with Gasteiger partial charge in [-0.3, -0.25) is 0 Å². The quantitative estimate of drug-likeness (QED) is 0.438. The Bertz CT molecular complexity index is 570. The molecule has 0 aliphatic heterocycles. The average molecular weight is 374 g/mol. The van der Waals surface area contributed by atoms with Crippen LogP contribution in [0.3, 0.4) is 0 Å². The summed E-state index contributed by atoms with van der Waals surface area (Å²) in [5, 5.41) is 22.5. The van der Waals surface area contributed by atoms with Crippen molar-refractivity contribution in [1.29, 1.82) is 0 Å². The Labute approximate surface area is 164 Å². The molecule has 1 unspecified atom stereocenters. The number of rotatable bonds is 14. The molecule has 0 bridgehead atoms. The molecule has 1 aromatic carbocycles. The molecule has 0 heterocycles. The summed E-state index contributed by atoms with van der Waals surface area (Å²) in [5.41, 5.74) is 2.09. The third-order valence-corrected chi connectivity index (χ3v) is 5.10. The Kier molecular flexibility index (Phi) is 10.4. The molecule has 1 atom stereocenters. The number of nitrogens with one attached hydrogen (secondary N) is 1. The van der Waals surface area contributed by atoms with Crippen LogP contribution in [-0.4, -0.2) is 49.7 Å². The van der Waals surface area contributed by atoms with E-state index in [4.69, 9.17) is 4.74 Å². The number of benzene rings is 1. The summed E-state index contributed by atoms with van der Waals surface area (Å²) < 4.78 is 5.72. The maximum Gasteiger partial charge on any atom is 0.0645 e. The molecule has 4 heteroatoms. The van der Waals surface area contributed by atoms with Crippen LogP contribution < -0.4 is 5.32 Å². The Morgan fingerprint density at radius 1 is 1.00 bits per heavy atom. The lowest BCUT2D eigenvalue weighted by Gasteiger charge is -2.32. The topological polar surface area (TPSA) is 61.7 Å². The van der Waals surface area contributed by atoms with Gasteiger partial charge in [0, 0.05) is 25.2 Å². The summed E-state index contributed by atoms with van der Waals surface area (Å²) in [7, 11) is 0. The minimum atomic E-state index is -0.269. The van der Waals surface area contributed by atoms with E-state index in [1.165, 1.54) is 5.56 Å². The highest BCUT2D eigenvalue weighted by Crippen LogP contribution is 2.30. The molecule has 1 aliphatic rings. The molecule has 1 aliphatic carbocycles. The van der Waals surface area contributed by atoms with Crippen LogP contribution in [0.5, 0.6) is 0 Å². The van der Waals surface area contributed by atoms with Gasteiger partial charge in [-0.25, -0.2) is 0 Å². The molecular formula is C23H35NO3. The van der Waals surface area contributed by atoms with Crippen LogP contribution in [0.15, 0.2) is 54.1 Å². The van der Waals surface area contributed by atoms with E-state index in [0.717, 1.165) is 70.4 Å². The van der Waals surface area contributed by atoms with Crippen molar-refractivity contribution in [3.8, 4) is 0 Å². The standard InChI is InChI=1S/C23H35NO3/c25-18-22-11-7-13-23(17-22,20-26)19-24-14-5-2-6-15-27-16-8-12-21-9-3-1-4-10-21/h1,3-4,7,9-11,13,24-26H,2,5-6,8,12,14-20H2. The first-order chi connectivity index (χ1) is 13.3. The van der Waals surface area contributed by atoms with Gasteiger partial charge in [-0.1, -0.05) is 48.6 Å². The summed E-state index contributed by atoms with van der Waals surface area (Å²) in [4.78, 5) is 0. The van der Waals surface area contributed by atoms with E-state index in [-0.39, 0.29) is 18.6 Å². The minimum absolute atomic E-state index is 0.0669. The molecule has 3 N–H and O–H groups in total. The van der Waals surface area contributed by atoms with E-state index in [0.29, 0.717) is 0 Å². The largest absolute Gasteiger partial charge is 0.395 e. The van der Waals surface area contributed by atoms with Crippen molar-refractivity contribution in [2.75, 3.05) is 39.5 Å². The molecule has 27 heavy (non-hydrogen) atoms. The first kappa shape index (κ1) is 21.8. The van der Waals surface area contributed by atoms with Gasteiger partial charge in [0.25, 0.3) is 0 Å². The molecule has 0 fully saturated rings. The average Bonchev–Trinajstić information content (AvgIpc) is 2.73. The van der Waals surface area contributed by atoms with Crippen LogP contribution in [-0.2, 0) is 11.2 Å². The van der Waals surface area contributed by atoms with Crippen LogP contribution in [0.1, 0.15) is 37.7 Å². The third kappa shape index (κ3) is 8.39. The van der Waals surface area contributed by atoms with Crippen molar-refractivity contribution in [3.05, 3.63) is 59.7 Å². The van der Waals surface area contributed by atoms with Gasteiger partial charge in [0.2, 0.25) is 0 Å². The van der Waals surface area contributed by atoms with Gasteiger partial charge in [-0.2, -0.15) is 0 Å². The van der Waals surface area contributed by atoms with Crippen LogP contribution in [0.25, 0.3) is 0 Å². The predicted molar refractivity (Wildman–Crippen MR) is 111 cm³/mol. The molecule has 0 spiro atoms. The molecular weight excluding hydrogens is 338 g/mol. The van der Waals surface area contributed by atoms with Crippen molar-refractivity contribution in [2.24, 2.45) is 5.41 Å². The summed E-state index contributed by atoms with van der Waals surface area (Å²) in [6.07, 6.45) is 12.2. The van der Waals surface area contributed by atoms with Crippen molar-refractivity contribution >= 4 is 0 Å². The molecule has 150 valence electrons. The normalized spacial score (nSPS) is 19.3. The van der Waals surface area contributed by atoms with E-state index in [1.54, 1.807) is 0 Å². The van der Waals surface area contributed by atoms with Crippen LogP contribution >= 0.6 is 0 Å². The van der Waals surface area contributed by atoms with Crippen LogP contribution in [0.2, 0.25) is 0 Å². The lowest BCUT2D eigenvalue weighted by Crippen LogP contribution is -2.37. The lowest BCUT2D eigenvalue weighted by atomic mass is 9.79. The van der Waals surface area contributed by atoms with Gasteiger partial charge >= 0.3 is 0 Å². The summed E-state index contributed by atoms with van der Waals surface area (Å²) in [6.45, 7) is 3.53. The number of aliphatic hydroxyl groups is 2. The number of ether oxygens (including phenoxy) is 1. The van der Waals surface area contributed by atoms with E-state index in [1.807, 2.05) is 18.2 Å². The molecule has 4 nitrogen and oxygen atoms in total. The Morgan fingerprint density at radius 3 is 2.59 bits per heavy atom. The second-order valence-corrected chi connectivity index (χ2v) is 7.48. The SMILES string of the molecule is OCC1=CC=CC(CO)(CNCCCCCOCCCc2ccccc2)C1. The lowest BCUT2D eigenvalue weighted by molar-refractivity contribution is 0.127. The second-order valence-electron chi connectivity index (χ2n) is 7.48. The fourth-order valence-electron chi connectivity index (χ4n) is 3.45. The maximum atomic E-state index is 9.75. The fourth-order valence-corrected chi connectivity index (χ4v) is 3.45. The van der Waals surface area contributed by atoms with E-state index < -0.39 is 0 Å². The van der Waals surface area contributed by atoms with E-state index >= 15 is 0 Å². The van der Waals surface area contributed by atoms with Gasteiger partial charge < -0.3 is 20.3 Å². The van der Waals surface area contributed by atoms with Crippen molar-refractivity contribution in [1.82, 2.24) is 5.32 Å². The molecule has 0 saturated heterocycles. The molecule has 2 rings (SSSR count). The zero-order valence-electron chi connectivity index (χ0n) is 16.4. The fraction of sp³-hybridized carbons (Fsp3) is 0.565. The Morgan fingerprint density at radius 2 is 1.81 bits per heavy atom. The monoisotopic (exact) mass is 373 g/mol. The second kappa shape index (κ2) is 12.8. The summed E-state index contributed by atoms with van der Waals surface area (Å²) in [6, 6.07) is 10.5. The van der Waals surface area contributed by atoms with Crippen molar-refractivity contribution < 1.29 is 14.9 Å². The van der Waals surface area contributed by atoms with E-state index in [9.17, 15) is 10.2 Å². The molecule has 0 radical (unpaired) electrons. The first-order valence-corrected chi connectivity index (χ1v) is 10.2. The van der Waals surface area contributed by atoms with Gasteiger partial charge in [0.05, 0.1) is 13.2 Å². The van der Waals surface area contributed by atoms with Crippen LogP contribution in [0, 0.1) is 5.41 Å². The molecule has 1 aromatic rings. The zero-order chi connectivity index (χ0) is 19.2. The number of aryl methyl sites for hydroxylation is 1. The number of unbranched alkanes of at least 4 members (excludes halogenated alkanes) is 2. The number of hydrogen-bond acceptors (Lipinski definition) is 4. The highest BCUT2D eigenvalue weighted by atomic mass is 16.5. The highest BCUT2D eigenvalue weighted by molar-refractivity contribution is 5.24. The van der Waals surface area contributed by atoms with Crippen LogP contribution in [0.4, 0.5) is 0 Å². The van der Waals surface area contributed by atoms with Gasteiger partial charge in [0.15, 0.2) is 0 Å². The number of allylic oxidation sites excluding steroid dienone is 2. The molecule has 0 aromatic heterocycles. The van der Waals surface area contributed by atoms with Gasteiger partial charge in [-0.05, 0) is 56.2 Å². The number of hydrogen-bond donors (Lipinski definition) is 3. The Balaban J connectivity index is 1.43. The van der Waals surface area contributed by atoms with Gasteiger partial charge in [-0.15, -0.1) is 0 Å². The third-order valence-electron chi connectivity index (χ3n) is 5.10. The summed E-state index contributed by atoms with van der Waals surface area (Å²) in [5.74, 6) is 0. The minimum Gasteiger partial charge on any atom is -0.395 e. The summed E-state index contributed by atoms with van der Waals surface area (Å²) >= 11 is 0. The molecule has 0 amide bonds. The predicted octanol–water partition coefficient (Wildman–Crippen LogP) is 3.25. The van der Waals surface area contributed by atoms with E-state index in [2.05, 4.69) is 35.7 Å². The van der Waals surface area contributed by atoms with Crippen molar-refractivity contribution in [2.45, 2.75) is 38.5 Å². The maximum absolute atomic E-state index is 9.75. The zero-order valence-corrected chi connectivity index (χ0v) is 16.4. The first-order valence-electron chi connectivity index (χ1n) is 10.2. The number of aliphatic hydroxyl groups excluding tert-OH is 2. The Hall–Kier alpha value is -1.46. The van der Waals surface area contributed by atoms with Gasteiger partial charge in [0.1, 0.15) is 0 Å². The van der Waals surface area contributed by atoms with Crippen molar-refractivity contribution in [3.63, 3.8) is 0 Å².